The van der Waals surface area contributed by atoms with Crippen molar-refractivity contribution in [2.24, 2.45) is 0 Å². The van der Waals surface area contributed by atoms with Gasteiger partial charge in [0.05, 0.1) is 16.2 Å². The SMILES string of the molecule is O=C(Nc1ccsc1C(=O)O)c1csc([N+](=O)[O-])c1. The van der Waals surface area contributed by atoms with Crippen molar-refractivity contribution in [3.05, 3.63) is 43.4 Å². The Labute approximate surface area is 114 Å². The average molecular weight is 298 g/mol. The van der Waals surface area contributed by atoms with Crippen LogP contribution in [0.2, 0.25) is 0 Å². The second-order valence-electron chi connectivity index (χ2n) is 3.35. The number of hydrogen-bond acceptors (Lipinski definition) is 6. The van der Waals surface area contributed by atoms with Crippen molar-refractivity contribution in [3.63, 3.8) is 0 Å². The molecule has 1 amide bonds. The van der Waals surface area contributed by atoms with Gasteiger partial charge in [-0.15, -0.1) is 11.3 Å². The third-order valence-electron chi connectivity index (χ3n) is 2.14. The van der Waals surface area contributed by atoms with E-state index in [9.17, 15) is 19.7 Å². The van der Waals surface area contributed by atoms with Gasteiger partial charge in [-0.2, -0.15) is 0 Å². The largest absolute Gasteiger partial charge is 0.477 e. The zero-order valence-electron chi connectivity index (χ0n) is 9.15. The molecule has 2 aromatic heterocycles. The molecule has 0 unspecified atom stereocenters. The van der Waals surface area contributed by atoms with Gasteiger partial charge in [0.25, 0.3) is 5.91 Å². The Bertz CT molecular complexity index is 660. The molecular formula is C10H6N2O5S2. The van der Waals surface area contributed by atoms with E-state index in [1.165, 1.54) is 16.8 Å². The number of carbonyl (C=O) groups is 2. The summed E-state index contributed by atoms with van der Waals surface area (Å²) in [6, 6.07) is 2.61. The summed E-state index contributed by atoms with van der Waals surface area (Å²) >= 11 is 1.82. The summed E-state index contributed by atoms with van der Waals surface area (Å²) in [5.74, 6) is -1.72. The average Bonchev–Trinajstić information content (AvgIpc) is 2.96. The molecule has 0 atom stereocenters. The van der Waals surface area contributed by atoms with Crippen LogP contribution >= 0.6 is 22.7 Å². The lowest BCUT2D eigenvalue weighted by atomic mass is 10.3. The van der Waals surface area contributed by atoms with E-state index in [-0.39, 0.29) is 21.1 Å². The van der Waals surface area contributed by atoms with Crippen molar-refractivity contribution in [1.29, 1.82) is 0 Å². The number of rotatable bonds is 4. The lowest BCUT2D eigenvalue weighted by Crippen LogP contribution is -2.12. The quantitative estimate of drug-likeness (QED) is 0.666. The minimum absolute atomic E-state index is 0.0121. The summed E-state index contributed by atoms with van der Waals surface area (Å²) in [6.07, 6.45) is 0. The summed E-state index contributed by atoms with van der Waals surface area (Å²) in [4.78, 5) is 32.6. The van der Waals surface area contributed by atoms with Gasteiger partial charge < -0.3 is 10.4 Å². The fraction of sp³-hybridized carbons (Fsp3) is 0. The highest BCUT2D eigenvalue weighted by molar-refractivity contribution is 7.13. The first-order valence-corrected chi connectivity index (χ1v) is 6.60. The second kappa shape index (κ2) is 5.16. The van der Waals surface area contributed by atoms with Crippen LogP contribution < -0.4 is 5.32 Å². The number of amides is 1. The predicted octanol–water partition coefficient (Wildman–Crippen LogP) is 2.67. The maximum Gasteiger partial charge on any atom is 0.348 e. The van der Waals surface area contributed by atoms with Gasteiger partial charge in [0, 0.05) is 11.4 Å². The molecule has 9 heteroatoms. The van der Waals surface area contributed by atoms with Crippen LogP contribution in [-0.2, 0) is 0 Å². The van der Waals surface area contributed by atoms with Crippen LogP contribution in [0.5, 0.6) is 0 Å². The van der Waals surface area contributed by atoms with E-state index in [0.717, 1.165) is 28.7 Å². The molecule has 0 spiro atoms. The Morgan fingerprint density at radius 2 is 2.11 bits per heavy atom. The fourth-order valence-corrected chi connectivity index (χ4v) is 2.70. The van der Waals surface area contributed by atoms with E-state index < -0.39 is 16.8 Å². The highest BCUT2D eigenvalue weighted by atomic mass is 32.1. The number of hydrogen-bond donors (Lipinski definition) is 2. The zero-order chi connectivity index (χ0) is 14.0. The molecule has 0 fully saturated rings. The first-order valence-electron chi connectivity index (χ1n) is 4.84. The molecule has 0 aromatic carbocycles. The van der Waals surface area contributed by atoms with E-state index >= 15 is 0 Å². The fourth-order valence-electron chi connectivity index (χ4n) is 1.31. The molecular weight excluding hydrogens is 292 g/mol. The molecule has 7 nitrogen and oxygen atoms in total. The highest BCUT2D eigenvalue weighted by Gasteiger charge is 2.18. The van der Waals surface area contributed by atoms with Gasteiger partial charge in [0.2, 0.25) is 0 Å². The molecule has 0 radical (unpaired) electrons. The van der Waals surface area contributed by atoms with Crippen molar-refractivity contribution in [1.82, 2.24) is 0 Å². The number of carboxylic acid groups (broad SMARTS) is 1. The smallest absolute Gasteiger partial charge is 0.348 e. The number of anilines is 1. The molecule has 2 N–H and O–H groups in total. The van der Waals surface area contributed by atoms with Crippen molar-refractivity contribution in [3.8, 4) is 0 Å². The molecule has 0 aliphatic rings. The molecule has 98 valence electrons. The van der Waals surface area contributed by atoms with E-state index in [4.69, 9.17) is 5.11 Å². The maximum atomic E-state index is 11.8. The molecule has 0 aliphatic heterocycles. The third kappa shape index (κ3) is 2.77. The summed E-state index contributed by atoms with van der Waals surface area (Å²) in [7, 11) is 0. The van der Waals surface area contributed by atoms with Gasteiger partial charge in [-0.1, -0.05) is 11.3 Å². The van der Waals surface area contributed by atoms with Gasteiger partial charge in [-0.05, 0) is 11.4 Å². The normalized spacial score (nSPS) is 10.1. The zero-order valence-corrected chi connectivity index (χ0v) is 10.8. The van der Waals surface area contributed by atoms with Crippen LogP contribution in [0.4, 0.5) is 10.7 Å². The van der Waals surface area contributed by atoms with Crippen LogP contribution in [0.25, 0.3) is 0 Å². The molecule has 0 aliphatic carbocycles. The minimum Gasteiger partial charge on any atom is -0.477 e. The van der Waals surface area contributed by atoms with Crippen LogP contribution in [-0.4, -0.2) is 21.9 Å². The third-order valence-corrected chi connectivity index (χ3v) is 3.92. The molecule has 0 saturated carbocycles. The summed E-state index contributed by atoms with van der Waals surface area (Å²) in [6.45, 7) is 0. The van der Waals surface area contributed by atoms with E-state index in [1.54, 1.807) is 0 Å². The van der Waals surface area contributed by atoms with Gasteiger partial charge in [-0.3, -0.25) is 14.9 Å². The molecule has 0 saturated heterocycles. The Hall–Kier alpha value is -2.26. The number of nitrogens with one attached hydrogen (secondary N) is 1. The van der Waals surface area contributed by atoms with Crippen molar-refractivity contribution in [2.75, 3.05) is 5.32 Å². The number of thiophene rings is 2. The first-order chi connectivity index (χ1) is 8.99. The number of carboxylic acids is 1. The number of carbonyl (C=O) groups excluding carboxylic acids is 1. The molecule has 19 heavy (non-hydrogen) atoms. The van der Waals surface area contributed by atoms with Crippen molar-refractivity contribution >= 4 is 45.2 Å². The van der Waals surface area contributed by atoms with Crippen LogP contribution in [0.1, 0.15) is 20.0 Å². The van der Waals surface area contributed by atoms with Crippen LogP contribution in [0.3, 0.4) is 0 Å². The minimum atomic E-state index is -1.14. The molecule has 2 aromatic rings. The number of nitrogens with zero attached hydrogens (tertiary/aromatic N) is 1. The Kier molecular flexibility index (Phi) is 3.58. The molecule has 2 heterocycles. The predicted molar refractivity (Wildman–Crippen MR) is 70.2 cm³/mol. The number of aromatic carboxylic acids is 1. The van der Waals surface area contributed by atoms with E-state index in [2.05, 4.69) is 5.32 Å². The van der Waals surface area contributed by atoms with Crippen LogP contribution in [0, 0.1) is 10.1 Å². The van der Waals surface area contributed by atoms with E-state index in [0.29, 0.717) is 0 Å². The standard InChI is InChI=1S/C10H6N2O5S2/c13-9(5-3-7(12(16)17)19-4-5)11-6-1-2-18-8(6)10(14)15/h1-4H,(H,11,13)(H,14,15). The monoisotopic (exact) mass is 298 g/mol. The summed E-state index contributed by atoms with van der Waals surface area (Å²) in [5.41, 5.74) is 0.301. The van der Waals surface area contributed by atoms with Gasteiger partial charge in [0.15, 0.2) is 0 Å². The van der Waals surface area contributed by atoms with E-state index in [1.807, 2.05) is 0 Å². The topological polar surface area (TPSA) is 110 Å². The van der Waals surface area contributed by atoms with Gasteiger partial charge in [0.1, 0.15) is 4.88 Å². The molecule has 0 bridgehead atoms. The lowest BCUT2D eigenvalue weighted by molar-refractivity contribution is -0.380. The van der Waals surface area contributed by atoms with Gasteiger partial charge >= 0.3 is 11.0 Å². The Morgan fingerprint density at radius 1 is 1.37 bits per heavy atom. The molecule has 2 rings (SSSR count). The number of nitro groups is 1. The summed E-state index contributed by atoms with van der Waals surface area (Å²) in [5, 5.41) is 24.5. The lowest BCUT2D eigenvalue weighted by Gasteiger charge is -2.01. The van der Waals surface area contributed by atoms with Crippen molar-refractivity contribution < 1.29 is 19.6 Å². The Balaban J connectivity index is 2.18. The Morgan fingerprint density at radius 3 is 2.68 bits per heavy atom. The highest BCUT2D eigenvalue weighted by Crippen LogP contribution is 2.26. The van der Waals surface area contributed by atoms with Crippen LogP contribution in [0.15, 0.2) is 22.9 Å². The van der Waals surface area contributed by atoms with Crippen molar-refractivity contribution in [2.45, 2.75) is 0 Å². The second-order valence-corrected chi connectivity index (χ2v) is 5.16. The summed E-state index contributed by atoms with van der Waals surface area (Å²) < 4.78 is 0. The maximum absolute atomic E-state index is 11.8. The first kappa shape index (κ1) is 13.2. The van der Waals surface area contributed by atoms with Gasteiger partial charge in [-0.25, -0.2) is 4.79 Å².